The number of hydrogen-bond acceptors (Lipinski definition) is 5. The topological polar surface area (TPSA) is 86.3 Å². The zero-order valence-electron chi connectivity index (χ0n) is 8.73. The second-order valence-corrected chi connectivity index (χ2v) is 2.90. The number of benzene rings is 1. The van der Waals surface area contributed by atoms with Crippen molar-refractivity contribution in [1.29, 1.82) is 10.5 Å². The molecule has 1 aromatic rings. The SMILES string of the molecule is COCCOc1c(O)ccc(C#N)c1C#N. The summed E-state index contributed by atoms with van der Waals surface area (Å²) in [5, 5.41) is 27.2. The van der Waals surface area contributed by atoms with Crippen molar-refractivity contribution in [2.75, 3.05) is 20.3 Å². The van der Waals surface area contributed by atoms with Crippen molar-refractivity contribution in [3.05, 3.63) is 23.3 Å². The quantitative estimate of drug-likeness (QED) is 0.766. The maximum Gasteiger partial charge on any atom is 0.180 e. The Hall–Kier alpha value is -2.24. The molecule has 0 radical (unpaired) electrons. The molecule has 0 heterocycles. The maximum absolute atomic E-state index is 9.52. The number of hydrogen-bond donors (Lipinski definition) is 1. The van der Waals surface area contributed by atoms with Gasteiger partial charge in [-0.1, -0.05) is 0 Å². The summed E-state index contributed by atoms with van der Waals surface area (Å²) in [6.07, 6.45) is 0. The molecule has 0 fully saturated rings. The Morgan fingerprint density at radius 3 is 2.56 bits per heavy atom. The van der Waals surface area contributed by atoms with E-state index >= 15 is 0 Å². The zero-order valence-corrected chi connectivity index (χ0v) is 8.73. The number of phenols is 1. The number of nitrogens with zero attached hydrogens (tertiary/aromatic N) is 2. The number of rotatable bonds is 4. The van der Waals surface area contributed by atoms with Gasteiger partial charge in [0, 0.05) is 7.11 Å². The Morgan fingerprint density at radius 2 is 2.00 bits per heavy atom. The molecule has 5 nitrogen and oxygen atoms in total. The van der Waals surface area contributed by atoms with Crippen LogP contribution in [0.5, 0.6) is 11.5 Å². The summed E-state index contributed by atoms with van der Waals surface area (Å²) in [7, 11) is 1.51. The van der Waals surface area contributed by atoms with Crippen LogP contribution in [0.2, 0.25) is 0 Å². The molecule has 5 heteroatoms. The van der Waals surface area contributed by atoms with Gasteiger partial charge in [0.25, 0.3) is 0 Å². The van der Waals surface area contributed by atoms with Crippen molar-refractivity contribution >= 4 is 0 Å². The van der Waals surface area contributed by atoms with E-state index < -0.39 is 0 Å². The van der Waals surface area contributed by atoms with Crippen LogP contribution in [0.25, 0.3) is 0 Å². The van der Waals surface area contributed by atoms with Crippen LogP contribution in [0.4, 0.5) is 0 Å². The van der Waals surface area contributed by atoms with Crippen molar-refractivity contribution in [3.63, 3.8) is 0 Å². The lowest BCUT2D eigenvalue weighted by Gasteiger charge is -2.09. The van der Waals surface area contributed by atoms with Gasteiger partial charge in [-0.25, -0.2) is 0 Å². The first kappa shape index (κ1) is 11.8. The number of ether oxygens (including phenoxy) is 2. The molecule has 0 unspecified atom stereocenters. The summed E-state index contributed by atoms with van der Waals surface area (Å²) in [4.78, 5) is 0. The van der Waals surface area contributed by atoms with Gasteiger partial charge in [0.15, 0.2) is 11.5 Å². The van der Waals surface area contributed by atoms with Crippen molar-refractivity contribution in [1.82, 2.24) is 0 Å². The number of nitriles is 2. The predicted octanol–water partition coefficient (Wildman–Crippen LogP) is 1.16. The van der Waals surface area contributed by atoms with Crippen LogP contribution in [0.1, 0.15) is 11.1 Å². The standard InChI is InChI=1S/C11H10N2O3/c1-15-4-5-16-11-9(7-13)8(6-12)2-3-10(11)14/h2-3,14H,4-5H2,1H3. The summed E-state index contributed by atoms with van der Waals surface area (Å²) < 4.78 is 9.97. The molecule has 0 aromatic heterocycles. The van der Waals surface area contributed by atoms with E-state index in [-0.39, 0.29) is 29.2 Å². The smallest absolute Gasteiger partial charge is 0.180 e. The summed E-state index contributed by atoms with van der Waals surface area (Å²) >= 11 is 0. The third-order valence-electron chi connectivity index (χ3n) is 1.90. The van der Waals surface area contributed by atoms with Gasteiger partial charge in [0.1, 0.15) is 24.3 Å². The average Bonchev–Trinajstić information content (AvgIpc) is 2.31. The largest absolute Gasteiger partial charge is 0.504 e. The highest BCUT2D eigenvalue weighted by atomic mass is 16.5. The molecule has 0 saturated heterocycles. The van der Waals surface area contributed by atoms with Crippen LogP contribution < -0.4 is 4.74 Å². The Labute approximate surface area is 93.1 Å². The number of methoxy groups -OCH3 is 1. The van der Waals surface area contributed by atoms with Gasteiger partial charge in [0.2, 0.25) is 0 Å². The third kappa shape index (κ3) is 2.41. The minimum atomic E-state index is -0.161. The molecule has 0 bridgehead atoms. The number of aromatic hydroxyl groups is 1. The van der Waals surface area contributed by atoms with E-state index in [1.165, 1.54) is 19.2 Å². The molecular weight excluding hydrogens is 208 g/mol. The van der Waals surface area contributed by atoms with E-state index in [1.807, 2.05) is 12.1 Å². The van der Waals surface area contributed by atoms with Gasteiger partial charge in [0.05, 0.1) is 12.2 Å². The highest BCUT2D eigenvalue weighted by Crippen LogP contribution is 2.31. The lowest BCUT2D eigenvalue weighted by atomic mass is 10.1. The van der Waals surface area contributed by atoms with Crippen LogP contribution in [0.15, 0.2) is 12.1 Å². The van der Waals surface area contributed by atoms with Gasteiger partial charge in [-0.05, 0) is 12.1 Å². The molecule has 0 aliphatic heterocycles. The van der Waals surface area contributed by atoms with Crippen molar-refractivity contribution < 1.29 is 14.6 Å². The van der Waals surface area contributed by atoms with E-state index in [0.29, 0.717) is 6.61 Å². The van der Waals surface area contributed by atoms with Crippen molar-refractivity contribution in [2.45, 2.75) is 0 Å². The van der Waals surface area contributed by atoms with Crippen LogP contribution in [-0.2, 0) is 4.74 Å². The molecule has 0 aliphatic rings. The van der Waals surface area contributed by atoms with Gasteiger partial charge in [-0.2, -0.15) is 10.5 Å². The van der Waals surface area contributed by atoms with Crippen LogP contribution in [0.3, 0.4) is 0 Å². The van der Waals surface area contributed by atoms with E-state index in [9.17, 15) is 5.11 Å². The molecule has 1 N–H and O–H groups in total. The van der Waals surface area contributed by atoms with E-state index in [0.717, 1.165) is 0 Å². The third-order valence-corrected chi connectivity index (χ3v) is 1.90. The second kappa shape index (κ2) is 5.59. The normalized spacial score (nSPS) is 9.19. The minimum Gasteiger partial charge on any atom is -0.504 e. The molecule has 0 amide bonds. The molecular formula is C11H10N2O3. The molecule has 0 spiro atoms. The van der Waals surface area contributed by atoms with Gasteiger partial charge in [-0.3, -0.25) is 0 Å². The van der Waals surface area contributed by atoms with E-state index in [4.69, 9.17) is 20.0 Å². The fourth-order valence-electron chi connectivity index (χ4n) is 1.15. The minimum absolute atomic E-state index is 0.0265. The van der Waals surface area contributed by atoms with Gasteiger partial charge >= 0.3 is 0 Å². The molecule has 0 atom stereocenters. The summed E-state index contributed by atoms with van der Waals surface area (Å²) in [6.45, 7) is 0.536. The maximum atomic E-state index is 9.52. The first-order chi connectivity index (χ1) is 7.74. The van der Waals surface area contributed by atoms with Crippen molar-refractivity contribution in [3.8, 4) is 23.6 Å². The summed E-state index contributed by atoms with van der Waals surface area (Å²) in [5.41, 5.74) is 0.214. The van der Waals surface area contributed by atoms with Gasteiger partial charge in [-0.15, -0.1) is 0 Å². The lowest BCUT2D eigenvalue weighted by molar-refractivity contribution is 0.144. The van der Waals surface area contributed by atoms with Crippen LogP contribution >= 0.6 is 0 Å². The average molecular weight is 218 g/mol. The predicted molar refractivity (Wildman–Crippen MR) is 54.9 cm³/mol. The molecule has 16 heavy (non-hydrogen) atoms. The van der Waals surface area contributed by atoms with E-state index in [2.05, 4.69) is 0 Å². The van der Waals surface area contributed by atoms with Gasteiger partial charge < -0.3 is 14.6 Å². The lowest BCUT2D eigenvalue weighted by Crippen LogP contribution is -2.06. The molecule has 1 aromatic carbocycles. The Morgan fingerprint density at radius 1 is 1.25 bits per heavy atom. The monoisotopic (exact) mass is 218 g/mol. The number of phenolic OH excluding ortho intramolecular Hbond substituents is 1. The summed E-state index contributed by atoms with van der Waals surface area (Å²) in [5.74, 6) is -0.134. The second-order valence-electron chi connectivity index (χ2n) is 2.90. The zero-order chi connectivity index (χ0) is 12.0. The fraction of sp³-hybridized carbons (Fsp3) is 0.273. The van der Waals surface area contributed by atoms with Crippen LogP contribution in [-0.4, -0.2) is 25.4 Å². The molecule has 0 saturated carbocycles. The highest BCUT2D eigenvalue weighted by Gasteiger charge is 2.14. The van der Waals surface area contributed by atoms with E-state index in [1.54, 1.807) is 0 Å². The Kier molecular flexibility index (Phi) is 4.14. The first-order valence-corrected chi connectivity index (χ1v) is 4.52. The Balaban J connectivity index is 3.06. The summed E-state index contributed by atoms with van der Waals surface area (Å²) in [6, 6.07) is 6.39. The highest BCUT2D eigenvalue weighted by molar-refractivity contribution is 5.59. The molecule has 0 aliphatic carbocycles. The van der Waals surface area contributed by atoms with Crippen LogP contribution in [0, 0.1) is 22.7 Å². The first-order valence-electron chi connectivity index (χ1n) is 4.52. The van der Waals surface area contributed by atoms with Crippen molar-refractivity contribution in [2.24, 2.45) is 0 Å². The molecule has 82 valence electrons. The molecule has 1 rings (SSSR count). The Bertz CT molecular complexity index is 458. The fourth-order valence-corrected chi connectivity index (χ4v) is 1.15.